The molecule has 0 saturated carbocycles. The fraction of sp³-hybridized carbons (Fsp3) is 0.333. The smallest absolute Gasteiger partial charge is 0.222 e. The zero-order valence-electron chi connectivity index (χ0n) is 16.6. The van der Waals surface area contributed by atoms with Crippen LogP contribution in [0.4, 0.5) is 11.4 Å². The molecule has 1 saturated heterocycles. The van der Waals surface area contributed by atoms with Gasteiger partial charge in [0.1, 0.15) is 0 Å². The molecule has 3 N–H and O–H groups in total. The van der Waals surface area contributed by atoms with E-state index in [0.29, 0.717) is 18.2 Å². The third kappa shape index (κ3) is 4.31. The third-order valence-corrected chi connectivity index (χ3v) is 5.25. The Bertz CT molecular complexity index is 937. The molecule has 2 aliphatic rings. The van der Waals surface area contributed by atoms with E-state index >= 15 is 0 Å². The van der Waals surface area contributed by atoms with Crippen LogP contribution in [0.3, 0.4) is 0 Å². The monoisotopic (exact) mass is 412 g/mol. The Balaban J connectivity index is 1.74. The molecule has 0 amide bonds. The van der Waals surface area contributed by atoms with Gasteiger partial charge in [-0.05, 0) is 43.7 Å². The van der Waals surface area contributed by atoms with E-state index in [0.717, 1.165) is 36.0 Å². The molecule has 2 aromatic carbocycles. The van der Waals surface area contributed by atoms with Gasteiger partial charge >= 0.3 is 0 Å². The zero-order valence-corrected chi connectivity index (χ0v) is 17.4. The van der Waals surface area contributed by atoms with Crippen LogP contribution in [0.25, 0.3) is 0 Å². The number of hydrogen-bond donors (Lipinski definition) is 2. The number of hydrogen-bond acceptors (Lipinski definition) is 7. The molecule has 1 fully saturated rings. The van der Waals surface area contributed by atoms with E-state index < -0.39 is 6.29 Å². The van der Waals surface area contributed by atoms with Crippen molar-refractivity contribution in [1.82, 2.24) is 4.90 Å². The molecule has 0 aromatic heterocycles. The van der Waals surface area contributed by atoms with Crippen LogP contribution in [0.5, 0.6) is 0 Å². The van der Waals surface area contributed by atoms with Crippen molar-refractivity contribution in [3.63, 3.8) is 0 Å². The summed E-state index contributed by atoms with van der Waals surface area (Å²) < 4.78 is 5.52. The minimum Gasteiger partial charge on any atom is -0.378 e. The van der Waals surface area contributed by atoms with Crippen LogP contribution >= 0.6 is 11.6 Å². The van der Waals surface area contributed by atoms with Gasteiger partial charge in [-0.25, -0.2) is 4.99 Å². The van der Waals surface area contributed by atoms with Crippen LogP contribution in [0, 0.1) is 13.8 Å². The van der Waals surface area contributed by atoms with Gasteiger partial charge < -0.3 is 20.7 Å². The highest BCUT2D eigenvalue weighted by atomic mass is 35.5. The molecule has 0 spiro atoms. The summed E-state index contributed by atoms with van der Waals surface area (Å²) in [5.74, 6) is 1.01. The maximum atomic E-state index is 6.22. The number of ether oxygens (including phenoxy) is 1. The Labute approximate surface area is 175 Å². The fourth-order valence-electron chi connectivity index (χ4n) is 3.41. The Hall–Kier alpha value is -2.77. The van der Waals surface area contributed by atoms with Crippen molar-refractivity contribution in [2.75, 3.05) is 36.5 Å². The molecule has 29 heavy (non-hydrogen) atoms. The van der Waals surface area contributed by atoms with Gasteiger partial charge in [0.25, 0.3) is 0 Å². The third-order valence-electron chi connectivity index (χ3n) is 5.02. The van der Waals surface area contributed by atoms with Crippen molar-refractivity contribution in [1.29, 1.82) is 0 Å². The number of guanidine groups is 2. The van der Waals surface area contributed by atoms with E-state index in [1.807, 2.05) is 25.1 Å². The summed E-state index contributed by atoms with van der Waals surface area (Å²) in [6.07, 6.45) is -0.454. The van der Waals surface area contributed by atoms with Crippen LogP contribution in [-0.2, 0) is 4.74 Å². The Kier molecular flexibility index (Phi) is 5.60. The summed E-state index contributed by atoms with van der Waals surface area (Å²) in [6, 6.07) is 14.1. The summed E-state index contributed by atoms with van der Waals surface area (Å²) in [4.78, 5) is 13.4. The van der Waals surface area contributed by atoms with Crippen LogP contribution in [0.15, 0.2) is 52.4 Å². The van der Waals surface area contributed by atoms with Crippen LogP contribution in [0.1, 0.15) is 11.1 Å². The maximum Gasteiger partial charge on any atom is 0.222 e. The van der Waals surface area contributed by atoms with Gasteiger partial charge in [-0.2, -0.15) is 4.99 Å². The second kappa shape index (κ2) is 8.31. The molecule has 7 nitrogen and oxygen atoms in total. The normalized spacial score (nSPS) is 19.6. The molecule has 0 radical (unpaired) electrons. The second-order valence-electron chi connectivity index (χ2n) is 7.18. The molecular weight excluding hydrogens is 388 g/mol. The quantitative estimate of drug-likeness (QED) is 0.809. The predicted molar refractivity (Wildman–Crippen MR) is 119 cm³/mol. The molecule has 1 unspecified atom stereocenters. The number of nitrogens with one attached hydrogen (secondary N) is 1. The summed E-state index contributed by atoms with van der Waals surface area (Å²) >= 11 is 6.22. The zero-order chi connectivity index (χ0) is 20.4. The Morgan fingerprint density at radius 3 is 2.55 bits per heavy atom. The highest BCUT2D eigenvalue weighted by molar-refractivity contribution is 6.30. The topological polar surface area (TPSA) is 78.5 Å². The average molecular weight is 413 g/mol. The van der Waals surface area contributed by atoms with Gasteiger partial charge in [-0.3, -0.25) is 4.90 Å². The van der Waals surface area contributed by atoms with Gasteiger partial charge in [0, 0.05) is 29.5 Å². The van der Waals surface area contributed by atoms with E-state index in [1.165, 1.54) is 5.56 Å². The minimum absolute atomic E-state index is 0.243. The number of aliphatic imine (C=N–C) groups is 2. The first-order valence-electron chi connectivity index (χ1n) is 9.64. The lowest BCUT2D eigenvalue weighted by Crippen LogP contribution is -2.57. The largest absolute Gasteiger partial charge is 0.378 e. The van der Waals surface area contributed by atoms with Gasteiger partial charge in [-0.15, -0.1) is 0 Å². The second-order valence-corrected chi connectivity index (χ2v) is 7.62. The number of nitrogens with zero attached hydrogens (tertiary/aromatic N) is 4. The van der Waals surface area contributed by atoms with Crippen molar-refractivity contribution in [3.8, 4) is 0 Å². The van der Waals surface area contributed by atoms with E-state index in [2.05, 4.69) is 56.3 Å². The molecule has 2 aromatic rings. The lowest BCUT2D eigenvalue weighted by molar-refractivity contribution is 0.0671. The van der Waals surface area contributed by atoms with E-state index in [4.69, 9.17) is 22.1 Å². The summed E-state index contributed by atoms with van der Waals surface area (Å²) in [5.41, 5.74) is 10.3. The maximum absolute atomic E-state index is 6.22. The molecule has 1 atom stereocenters. The number of anilines is 2. The first kappa shape index (κ1) is 19.5. The van der Waals surface area contributed by atoms with Crippen molar-refractivity contribution < 1.29 is 4.74 Å². The Morgan fingerprint density at radius 1 is 1.10 bits per heavy atom. The Morgan fingerprint density at radius 2 is 1.83 bits per heavy atom. The molecule has 2 heterocycles. The molecule has 2 aliphatic heterocycles. The molecule has 4 rings (SSSR count). The number of nitrogens with two attached hydrogens (primary N) is 1. The minimum atomic E-state index is -0.454. The van der Waals surface area contributed by atoms with E-state index in [1.54, 1.807) is 0 Å². The molecule has 0 bridgehead atoms. The summed E-state index contributed by atoms with van der Waals surface area (Å²) in [5, 5.41) is 4.15. The molecule has 8 heteroatoms. The van der Waals surface area contributed by atoms with Crippen LogP contribution in [0.2, 0.25) is 5.02 Å². The SMILES string of the molecule is Cc1ccc(N2C(N3CCOCC3)=NC(N)=NC2Nc2cc(Cl)ccc2C)cc1. The lowest BCUT2D eigenvalue weighted by atomic mass is 10.2. The van der Waals surface area contributed by atoms with Crippen molar-refractivity contribution in [3.05, 3.63) is 58.6 Å². The number of aryl methyl sites for hydroxylation is 2. The highest BCUT2D eigenvalue weighted by Crippen LogP contribution is 2.27. The van der Waals surface area contributed by atoms with Crippen LogP contribution < -0.4 is 16.0 Å². The number of rotatable bonds is 3. The summed E-state index contributed by atoms with van der Waals surface area (Å²) in [6.45, 7) is 6.90. The van der Waals surface area contributed by atoms with Gasteiger partial charge in [0.05, 0.1) is 13.2 Å². The van der Waals surface area contributed by atoms with E-state index in [9.17, 15) is 0 Å². The molecular formula is C21H25ClN6O. The number of benzene rings is 2. The predicted octanol–water partition coefficient (Wildman–Crippen LogP) is 3.18. The molecule has 152 valence electrons. The lowest BCUT2D eigenvalue weighted by Gasteiger charge is -2.41. The average Bonchev–Trinajstić information content (AvgIpc) is 2.72. The summed E-state index contributed by atoms with van der Waals surface area (Å²) in [7, 11) is 0. The number of halogens is 1. The van der Waals surface area contributed by atoms with Crippen molar-refractivity contribution >= 4 is 34.9 Å². The first-order chi connectivity index (χ1) is 14.0. The van der Waals surface area contributed by atoms with Gasteiger partial charge in [0.2, 0.25) is 18.2 Å². The van der Waals surface area contributed by atoms with E-state index in [-0.39, 0.29) is 5.96 Å². The standard InChI is InChI=1S/C21H25ClN6O/c1-14-3-7-17(8-4-14)28-20(24-18-13-16(22)6-5-15(18)2)25-19(23)26-21(28)27-9-11-29-12-10-27/h3-8,13,20,24H,9-12H2,1-2H3,(H2,23,25). The fourth-order valence-corrected chi connectivity index (χ4v) is 3.58. The van der Waals surface area contributed by atoms with Crippen molar-refractivity contribution in [2.24, 2.45) is 15.7 Å². The van der Waals surface area contributed by atoms with Crippen LogP contribution in [-0.4, -0.2) is 49.4 Å². The molecule has 0 aliphatic carbocycles. The highest BCUT2D eigenvalue weighted by Gasteiger charge is 2.32. The van der Waals surface area contributed by atoms with Gasteiger partial charge in [-0.1, -0.05) is 35.4 Å². The number of morpholine rings is 1. The first-order valence-corrected chi connectivity index (χ1v) is 10.0. The van der Waals surface area contributed by atoms with Crippen molar-refractivity contribution in [2.45, 2.75) is 20.1 Å². The van der Waals surface area contributed by atoms with Gasteiger partial charge in [0.15, 0.2) is 0 Å².